The lowest BCUT2D eigenvalue weighted by atomic mass is 10.1. The highest BCUT2D eigenvalue weighted by atomic mass is 32.2. The van der Waals surface area contributed by atoms with Crippen molar-refractivity contribution in [2.75, 3.05) is 17.8 Å². The van der Waals surface area contributed by atoms with E-state index in [1.54, 1.807) is 16.7 Å². The highest BCUT2D eigenvalue weighted by Gasteiger charge is 2.15. The predicted octanol–water partition coefficient (Wildman–Crippen LogP) is 3.14. The van der Waals surface area contributed by atoms with Crippen molar-refractivity contribution in [1.82, 2.24) is 9.55 Å². The average molecular weight is 389 g/mol. The van der Waals surface area contributed by atoms with Gasteiger partial charge < -0.3 is 0 Å². The van der Waals surface area contributed by atoms with Gasteiger partial charge in [-0.3, -0.25) is 9.36 Å². The lowest BCUT2D eigenvalue weighted by molar-refractivity contribution is 0.603. The van der Waals surface area contributed by atoms with E-state index >= 15 is 0 Å². The fourth-order valence-corrected chi connectivity index (χ4v) is 4.87. The molecule has 3 rings (SSSR count). The van der Waals surface area contributed by atoms with Crippen LogP contribution in [0.15, 0.2) is 52.4 Å². The summed E-state index contributed by atoms with van der Waals surface area (Å²) < 4.78 is 24.5. The van der Waals surface area contributed by atoms with Crippen LogP contribution in [0.4, 0.5) is 0 Å². The van der Waals surface area contributed by atoms with Crippen molar-refractivity contribution in [3.8, 4) is 5.69 Å². The first kappa shape index (κ1) is 18.7. The highest BCUT2D eigenvalue weighted by Crippen LogP contribution is 2.24. The fourth-order valence-electron chi connectivity index (χ4n) is 2.67. The van der Waals surface area contributed by atoms with Crippen molar-refractivity contribution in [1.29, 1.82) is 0 Å². The summed E-state index contributed by atoms with van der Waals surface area (Å²) in [4.78, 5) is 17.8. The van der Waals surface area contributed by atoms with Gasteiger partial charge in [-0.05, 0) is 43.2 Å². The van der Waals surface area contributed by atoms with Gasteiger partial charge in [0.15, 0.2) is 5.16 Å². The predicted molar refractivity (Wildman–Crippen MR) is 107 cm³/mol. The van der Waals surface area contributed by atoms with Crippen LogP contribution in [-0.4, -0.2) is 35.7 Å². The molecule has 0 aliphatic heterocycles. The molecule has 5 nitrogen and oxygen atoms in total. The molecule has 7 heteroatoms. The molecule has 0 radical (unpaired) electrons. The third-order valence-corrected chi connectivity index (χ3v) is 6.18. The topological polar surface area (TPSA) is 69.0 Å². The summed E-state index contributed by atoms with van der Waals surface area (Å²) in [5.74, 6) is 0.377. The number of hydrogen-bond donors (Lipinski definition) is 0. The lowest BCUT2D eigenvalue weighted by Crippen LogP contribution is -2.23. The molecule has 0 atom stereocenters. The number of para-hydroxylation sites is 1. The van der Waals surface area contributed by atoms with E-state index in [2.05, 4.69) is 4.98 Å². The number of aryl methyl sites for hydroxylation is 2. The molecule has 0 unspecified atom stereocenters. The van der Waals surface area contributed by atoms with E-state index in [4.69, 9.17) is 0 Å². The summed E-state index contributed by atoms with van der Waals surface area (Å²) in [7, 11) is -3.08. The van der Waals surface area contributed by atoms with E-state index in [9.17, 15) is 13.2 Å². The van der Waals surface area contributed by atoms with Gasteiger partial charge in [-0.25, -0.2) is 13.4 Å². The largest absolute Gasteiger partial charge is 0.268 e. The van der Waals surface area contributed by atoms with Crippen LogP contribution in [0.5, 0.6) is 0 Å². The van der Waals surface area contributed by atoms with Crippen LogP contribution in [0, 0.1) is 13.8 Å². The van der Waals surface area contributed by atoms with Gasteiger partial charge in [-0.1, -0.05) is 36.0 Å². The number of benzene rings is 2. The van der Waals surface area contributed by atoms with Crippen LogP contribution < -0.4 is 5.56 Å². The first-order valence-corrected chi connectivity index (χ1v) is 11.2. The normalized spacial score (nSPS) is 11.8. The third-order valence-electron chi connectivity index (χ3n) is 4.04. The Labute approximate surface area is 157 Å². The number of aromatic nitrogens is 2. The minimum Gasteiger partial charge on any atom is -0.268 e. The van der Waals surface area contributed by atoms with Crippen LogP contribution in [-0.2, 0) is 9.84 Å². The maximum Gasteiger partial charge on any atom is 0.266 e. The molecule has 0 bridgehead atoms. The standard InChI is InChI=1S/C19H20N2O3S2/c1-13-8-9-14(2)17(12-13)21-18(22)15-6-4-5-7-16(15)20-19(21)25-10-11-26(3,23)24/h4-9,12H,10-11H2,1-3H3. The molecule has 0 saturated carbocycles. The first-order valence-electron chi connectivity index (χ1n) is 8.16. The number of fused-ring (bicyclic) bond motifs is 1. The number of sulfone groups is 1. The van der Waals surface area contributed by atoms with Crippen LogP contribution in [0.3, 0.4) is 0 Å². The molecule has 26 heavy (non-hydrogen) atoms. The lowest BCUT2D eigenvalue weighted by Gasteiger charge is -2.15. The molecule has 136 valence electrons. The summed E-state index contributed by atoms with van der Waals surface area (Å²) in [5.41, 5.74) is 3.24. The molecule has 0 fully saturated rings. The Bertz CT molecular complexity index is 1140. The number of thioether (sulfide) groups is 1. The van der Waals surface area contributed by atoms with Crippen LogP contribution in [0.1, 0.15) is 11.1 Å². The minimum absolute atomic E-state index is 0.0349. The quantitative estimate of drug-likeness (QED) is 0.496. The Morgan fingerprint density at radius 1 is 1.12 bits per heavy atom. The second-order valence-corrected chi connectivity index (χ2v) is 9.64. The Balaban J connectivity index is 2.21. The maximum atomic E-state index is 13.2. The molecular weight excluding hydrogens is 368 g/mol. The summed E-state index contributed by atoms with van der Waals surface area (Å²) in [6, 6.07) is 13.1. The SMILES string of the molecule is Cc1ccc(C)c(-n2c(SCCS(C)(=O)=O)nc3ccccc3c2=O)c1. The van der Waals surface area contributed by atoms with Gasteiger partial charge in [0, 0.05) is 12.0 Å². The summed E-state index contributed by atoms with van der Waals surface area (Å²) in [6.07, 6.45) is 1.21. The van der Waals surface area contributed by atoms with Gasteiger partial charge in [-0.2, -0.15) is 0 Å². The zero-order chi connectivity index (χ0) is 18.9. The van der Waals surface area contributed by atoms with Gasteiger partial charge in [-0.15, -0.1) is 0 Å². The van der Waals surface area contributed by atoms with Crippen molar-refractivity contribution in [2.24, 2.45) is 0 Å². The highest BCUT2D eigenvalue weighted by molar-refractivity contribution is 8.00. The van der Waals surface area contributed by atoms with Gasteiger partial charge in [0.2, 0.25) is 0 Å². The Hall–Kier alpha value is -2.12. The summed E-state index contributed by atoms with van der Waals surface area (Å²) in [5, 5.41) is 1.05. The average Bonchev–Trinajstić information content (AvgIpc) is 2.57. The van der Waals surface area contributed by atoms with Crippen molar-refractivity contribution < 1.29 is 8.42 Å². The fraction of sp³-hybridized carbons (Fsp3) is 0.263. The Morgan fingerprint density at radius 3 is 2.58 bits per heavy atom. The van der Waals surface area contributed by atoms with E-state index in [1.165, 1.54) is 18.0 Å². The Morgan fingerprint density at radius 2 is 1.85 bits per heavy atom. The molecule has 0 saturated heterocycles. The van der Waals surface area contributed by atoms with E-state index in [-0.39, 0.29) is 11.3 Å². The van der Waals surface area contributed by atoms with Crippen LogP contribution in [0.25, 0.3) is 16.6 Å². The third kappa shape index (κ3) is 3.99. The van der Waals surface area contributed by atoms with Gasteiger partial charge in [0.05, 0.1) is 22.3 Å². The molecule has 0 N–H and O–H groups in total. The second kappa shape index (κ2) is 7.25. The van der Waals surface area contributed by atoms with Crippen LogP contribution in [0.2, 0.25) is 0 Å². The molecule has 2 aromatic carbocycles. The number of rotatable bonds is 5. The molecule has 0 aliphatic rings. The molecule has 3 aromatic rings. The van der Waals surface area contributed by atoms with Gasteiger partial charge >= 0.3 is 0 Å². The smallest absolute Gasteiger partial charge is 0.266 e. The van der Waals surface area contributed by atoms with E-state index in [0.29, 0.717) is 21.8 Å². The number of nitrogens with zero attached hydrogens (tertiary/aromatic N) is 2. The van der Waals surface area contributed by atoms with Crippen molar-refractivity contribution in [2.45, 2.75) is 19.0 Å². The molecule has 0 aliphatic carbocycles. The second-order valence-electron chi connectivity index (χ2n) is 6.32. The number of hydrogen-bond acceptors (Lipinski definition) is 5. The zero-order valence-corrected chi connectivity index (χ0v) is 16.5. The first-order chi connectivity index (χ1) is 12.3. The molecule has 1 aromatic heterocycles. The van der Waals surface area contributed by atoms with Crippen molar-refractivity contribution in [3.63, 3.8) is 0 Å². The monoisotopic (exact) mass is 388 g/mol. The van der Waals surface area contributed by atoms with Gasteiger partial charge in [0.1, 0.15) is 9.84 Å². The molecular formula is C19H20N2O3S2. The van der Waals surface area contributed by atoms with Crippen molar-refractivity contribution in [3.05, 3.63) is 63.9 Å². The molecule has 1 heterocycles. The molecule has 0 spiro atoms. The zero-order valence-electron chi connectivity index (χ0n) is 14.9. The van der Waals surface area contributed by atoms with Crippen molar-refractivity contribution >= 4 is 32.5 Å². The van der Waals surface area contributed by atoms with E-state index in [0.717, 1.165) is 16.8 Å². The van der Waals surface area contributed by atoms with E-state index in [1.807, 2.05) is 44.2 Å². The van der Waals surface area contributed by atoms with Crippen LogP contribution >= 0.6 is 11.8 Å². The minimum atomic E-state index is -3.08. The summed E-state index contributed by atoms with van der Waals surface area (Å²) in [6.45, 7) is 3.92. The van der Waals surface area contributed by atoms with E-state index < -0.39 is 9.84 Å². The maximum absolute atomic E-state index is 13.2. The Kier molecular flexibility index (Phi) is 5.20. The summed E-state index contributed by atoms with van der Waals surface area (Å²) >= 11 is 1.29. The molecule has 0 amide bonds. The van der Waals surface area contributed by atoms with Gasteiger partial charge in [0.25, 0.3) is 5.56 Å².